The first kappa shape index (κ1) is 13.6. The van der Waals surface area contributed by atoms with Gasteiger partial charge in [-0.2, -0.15) is 5.26 Å². The molecule has 0 saturated carbocycles. The van der Waals surface area contributed by atoms with Gasteiger partial charge in [-0.25, -0.2) is 0 Å². The van der Waals surface area contributed by atoms with Crippen LogP contribution in [0.5, 0.6) is 0 Å². The number of amides is 1. The lowest BCUT2D eigenvalue weighted by Gasteiger charge is -2.30. The molecular weight excluding hydrogens is 262 g/mol. The van der Waals surface area contributed by atoms with Crippen LogP contribution < -0.4 is 0 Å². The number of rotatable bonds is 1. The van der Waals surface area contributed by atoms with Gasteiger partial charge in [-0.1, -0.05) is 18.2 Å². The molecule has 3 rings (SSSR count). The minimum absolute atomic E-state index is 0.0108. The summed E-state index contributed by atoms with van der Waals surface area (Å²) in [7, 11) is 0. The standard InChI is InChI=1S/C17H17N3O/c1-12-9-15(14-6-2-3-7-16(14)19-12)17(21)20-8-4-5-13(10-18)11-20/h2-3,6-7,9,13H,4-5,8,11H2,1H3. The maximum absolute atomic E-state index is 12.8. The van der Waals surface area contributed by atoms with E-state index in [4.69, 9.17) is 5.26 Å². The first-order valence-corrected chi connectivity index (χ1v) is 7.24. The Morgan fingerprint density at radius 1 is 1.43 bits per heavy atom. The number of benzene rings is 1. The second kappa shape index (κ2) is 5.53. The number of nitriles is 1. The molecule has 106 valence electrons. The van der Waals surface area contributed by atoms with Crippen LogP contribution in [0.1, 0.15) is 28.9 Å². The molecule has 1 amide bonds. The van der Waals surface area contributed by atoms with Gasteiger partial charge in [0.15, 0.2) is 0 Å². The smallest absolute Gasteiger partial charge is 0.254 e. The molecule has 4 heteroatoms. The zero-order chi connectivity index (χ0) is 14.8. The molecule has 1 aromatic heterocycles. The largest absolute Gasteiger partial charge is 0.337 e. The van der Waals surface area contributed by atoms with E-state index in [1.54, 1.807) is 4.90 Å². The maximum Gasteiger partial charge on any atom is 0.254 e. The summed E-state index contributed by atoms with van der Waals surface area (Å²) in [4.78, 5) is 19.1. The van der Waals surface area contributed by atoms with Crippen molar-refractivity contribution in [3.8, 4) is 6.07 Å². The molecule has 0 spiro atoms. The fourth-order valence-corrected chi connectivity index (χ4v) is 2.92. The minimum atomic E-state index is -0.0445. The van der Waals surface area contributed by atoms with Crippen LogP contribution in [-0.4, -0.2) is 28.9 Å². The summed E-state index contributed by atoms with van der Waals surface area (Å²) in [5.41, 5.74) is 2.37. The summed E-state index contributed by atoms with van der Waals surface area (Å²) < 4.78 is 0. The third-order valence-electron chi connectivity index (χ3n) is 3.97. The van der Waals surface area contributed by atoms with Gasteiger partial charge in [0.2, 0.25) is 0 Å². The Bertz CT molecular complexity index is 732. The van der Waals surface area contributed by atoms with E-state index in [9.17, 15) is 4.79 Å². The fourth-order valence-electron chi connectivity index (χ4n) is 2.92. The second-order valence-electron chi connectivity index (χ2n) is 5.55. The number of carbonyl (C=O) groups excluding carboxylic acids is 1. The number of carbonyl (C=O) groups is 1. The SMILES string of the molecule is Cc1cc(C(=O)N2CCCC(C#N)C2)c2ccccc2n1. The highest BCUT2D eigenvalue weighted by Gasteiger charge is 2.25. The van der Waals surface area contributed by atoms with Crippen LogP contribution in [-0.2, 0) is 0 Å². The third kappa shape index (κ3) is 2.59. The molecule has 1 saturated heterocycles. The van der Waals surface area contributed by atoms with Crippen molar-refractivity contribution in [1.82, 2.24) is 9.88 Å². The zero-order valence-electron chi connectivity index (χ0n) is 12.0. The second-order valence-corrected chi connectivity index (χ2v) is 5.55. The van der Waals surface area contributed by atoms with E-state index in [2.05, 4.69) is 11.1 Å². The van der Waals surface area contributed by atoms with Crippen molar-refractivity contribution < 1.29 is 4.79 Å². The molecule has 0 bridgehead atoms. The summed E-state index contributed by atoms with van der Waals surface area (Å²) in [6, 6.07) is 11.8. The Labute approximate surface area is 124 Å². The highest BCUT2D eigenvalue weighted by Crippen LogP contribution is 2.23. The Morgan fingerprint density at radius 3 is 3.05 bits per heavy atom. The van der Waals surface area contributed by atoms with Gasteiger partial charge in [-0.3, -0.25) is 9.78 Å². The summed E-state index contributed by atoms with van der Waals surface area (Å²) in [5.74, 6) is -0.0338. The van der Waals surface area contributed by atoms with Crippen molar-refractivity contribution in [2.45, 2.75) is 19.8 Å². The highest BCUT2D eigenvalue weighted by molar-refractivity contribution is 6.06. The molecule has 1 fully saturated rings. The number of aryl methyl sites for hydroxylation is 1. The number of likely N-dealkylation sites (tertiary alicyclic amines) is 1. The Balaban J connectivity index is 2.00. The monoisotopic (exact) mass is 279 g/mol. The summed E-state index contributed by atoms with van der Waals surface area (Å²) >= 11 is 0. The maximum atomic E-state index is 12.8. The van der Waals surface area contributed by atoms with Crippen LogP contribution in [0.15, 0.2) is 30.3 Å². The van der Waals surface area contributed by atoms with Crippen LogP contribution in [0.3, 0.4) is 0 Å². The van der Waals surface area contributed by atoms with E-state index in [0.717, 1.165) is 36.0 Å². The van der Waals surface area contributed by atoms with Gasteiger partial charge in [0.05, 0.1) is 23.1 Å². The number of pyridine rings is 1. The Hall–Kier alpha value is -2.41. The summed E-state index contributed by atoms with van der Waals surface area (Å²) in [5, 5.41) is 9.96. The average molecular weight is 279 g/mol. The van der Waals surface area contributed by atoms with Crippen molar-refractivity contribution in [1.29, 1.82) is 5.26 Å². The molecule has 0 N–H and O–H groups in total. The van der Waals surface area contributed by atoms with Crippen molar-refractivity contribution in [2.24, 2.45) is 5.92 Å². The van der Waals surface area contributed by atoms with E-state index >= 15 is 0 Å². The van der Waals surface area contributed by atoms with Crippen molar-refractivity contribution in [2.75, 3.05) is 13.1 Å². The van der Waals surface area contributed by atoms with Crippen molar-refractivity contribution in [3.05, 3.63) is 41.6 Å². The number of hydrogen-bond acceptors (Lipinski definition) is 3. The number of piperidine rings is 1. The van der Waals surface area contributed by atoms with E-state index in [0.29, 0.717) is 12.1 Å². The lowest BCUT2D eigenvalue weighted by molar-refractivity contribution is 0.0700. The lowest BCUT2D eigenvalue weighted by Crippen LogP contribution is -2.39. The minimum Gasteiger partial charge on any atom is -0.337 e. The molecule has 1 unspecified atom stereocenters. The van der Waals surface area contributed by atoms with Crippen LogP contribution >= 0.6 is 0 Å². The number of para-hydroxylation sites is 1. The molecule has 2 heterocycles. The van der Waals surface area contributed by atoms with Gasteiger partial charge in [-0.15, -0.1) is 0 Å². The van der Waals surface area contributed by atoms with Gasteiger partial charge >= 0.3 is 0 Å². The average Bonchev–Trinajstić information content (AvgIpc) is 2.53. The van der Waals surface area contributed by atoms with Gasteiger partial charge in [0.25, 0.3) is 5.91 Å². The highest BCUT2D eigenvalue weighted by atomic mass is 16.2. The lowest BCUT2D eigenvalue weighted by atomic mass is 9.98. The van der Waals surface area contributed by atoms with Crippen LogP contribution in [0.4, 0.5) is 0 Å². The number of hydrogen-bond donors (Lipinski definition) is 0. The third-order valence-corrected chi connectivity index (χ3v) is 3.97. The molecule has 0 radical (unpaired) electrons. The zero-order valence-corrected chi connectivity index (χ0v) is 12.0. The molecule has 21 heavy (non-hydrogen) atoms. The predicted molar refractivity (Wildman–Crippen MR) is 80.7 cm³/mol. The van der Waals surface area contributed by atoms with Crippen LogP contribution in [0.25, 0.3) is 10.9 Å². The molecule has 1 atom stereocenters. The van der Waals surface area contributed by atoms with Gasteiger partial charge < -0.3 is 4.90 Å². The normalized spacial score (nSPS) is 18.5. The Kier molecular flexibility index (Phi) is 3.57. The molecule has 1 aromatic carbocycles. The number of fused-ring (bicyclic) bond motifs is 1. The van der Waals surface area contributed by atoms with Crippen molar-refractivity contribution in [3.63, 3.8) is 0 Å². The molecule has 1 aliphatic rings. The topological polar surface area (TPSA) is 57.0 Å². The quantitative estimate of drug-likeness (QED) is 0.806. The summed E-state index contributed by atoms with van der Waals surface area (Å²) in [6.45, 7) is 3.16. The van der Waals surface area contributed by atoms with Crippen molar-refractivity contribution >= 4 is 16.8 Å². The number of aromatic nitrogens is 1. The fraction of sp³-hybridized carbons (Fsp3) is 0.353. The first-order valence-electron chi connectivity index (χ1n) is 7.24. The van der Waals surface area contributed by atoms with Crippen LogP contribution in [0, 0.1) is 24.2 Å². The van der Waals surface area contributed by atoms with E-state index in [-0.39, 0.29) is 11.8 Å². The molecule has 0 aliphatic carbocycles. The summed E-state index contributed by atoms with van der Waals surface area (Å²) in [6.07, 6.45) is 1.78. The van der Waals surface area contributed by atoms with Crippen LogP contribution in [0.2, 0.25) is 0 Å². The molecule has 2 aromatic rings. The molecular formula is C17H17N3O. The number of nitrogens with zero attached hydrogens (tertiary/aromatic N) is 3. The van der Waals surface area contributed by atoms with E-state index in [1.807, 2.05) is 37.3 Å². The van der Waals surface area contributed by atoms with E-state index < -0.39 is 0 Å². The van der Waals surface area contributed by atoms with Gasteiger partial charge in [0.1, 0.15) is 0 Å². The predicted octanol–water partition coefficient (Wildman–Crippen LogP) is 2.92. The first-order chi connectivity index (χ1) is 10.2. The van der Waals surface area contributed by atoms with E-state index in [1.165, 1.54) is 0 Å². The van der Waals surface area contributed by atoms with Gasteiger partial charge in [-0.05, 0) is 31.9 Å². The van der Waals surface area contributed by atoms with Gasteiger partial charge in [0, 0.05) is 24.2 Å². The molecule has 4 nitrogen and oxygen atoms in total. The Morgan fingerprint density at radius 2 is 2.24 bits per heavy atom. The molecule has 1 aliphatic heterocycles.